The van der Waals surface area contributed by atoms with Gasteiger partial charge in [-0.2, -0.15) is 5.26 Å². The molecule has 0 spiro atoms. The minimum absolute atomic E-state index is 0.194. The van der Waals surface area contributed by atoms with Crippen molar-refractivity contribution < 1.29 is 9.90 Å². The summed E-state index contributed by atoms with van der Waals surface area (Å²) >= 11 is 0. The molecule has 5 nitrogen and oxygen atoms in total. The highest BCUT2D eigenvalue weighted by molar-refractivity contribution is 5.91. The van der Waals surface area contributed by atoms with Gasteiger partial charge in [0.05, 0.1) is 0 Å². The summed E-state index contributed by atoms with van der Waals surface area (Å²) in [5.74, 6) is -0.763. The summed E-state index contributed by atoms with van der Waals surface area (Å²) in [6.45, 7) is 8.98. The lowest BCUT2D eigenvalue weighted by atomic mass is 9.82. The van der Waals surface area contributed by atoms with Gasteiger partial charge in [0.15, 0.2) is 0 Å². The summed E-state index contributed by atoms with van der Waals surface area (Å²) in [5, 5.41) is 18.3. The van der Waals surface area contributed by atoms with Crippen LogP contribution in [0.2, 0.25) is 0 Å². The Morgan fingerprint density at radius 3 is 2.10 bits per heavy atom. The summed E-state index contributed by atoms with van der Waals surface area (Å²) < 4.78 is 0. The van der Waals surface area contributed by atoms with Gasteiger partial charge in [-0.3, -0.25) is 0 Å². The second kappa shape index (κ2) is 12.5. The van der Waals surface area contributed by atoms with E-state index in [4.69, 9.17) is 5.26 Å². The first-order chi connectivity index (χ1) is 24.6. The fourth-order valence-electron chi connectivity index (χ4n) is 8.56. The van der Waals surface area contributed by atoms with E-state index in [9.17, 15) is 9.90 Å². The van der Waals surface area contributed by atoms with E-state index in [-0.39, 0.29) is 11.0 Å². The van der Waals surface area contributed by atoms with E-state index in [0.717, 1.165) is 35.5 Å². The fraction of sp³-hybridized carbons (Fsp3) is 0.217. The molecule has 1 N–H and O–H groups in total. The Kier molecular flexibility index (Phi) is 7.91. The number of carboxylic acids is 1. The lowest BCUT2D eigenvalue weighted by Crippen LogP contribution is -2.27. The SMILES string of the molecule is Cc1ccc(N(c2ccc(C)cc2)c2ccc3c(c2)C(C)(C)c2cc(N4c5ccc(/C=C/C=C(\C#N)C(=O)O)cc5C5CCCC54)ccc2-3)cc1. The number of rotatable bonds is 7. The number of carboxylic acid groups (broad SMARTS) is 1. The highest BCUT2D eigenvalue weighted by Gasteiger charge is 2.43. The van der Waals surface area contributed by atoms with E-state index in [0.29, 0.717) is 12.0 Å². The van der Waals surface area contributed by atoms with Crippen molar-refractivity contribution in [2.45, 2.75) is 64.3 Å². The topological polar surface area (TPSA) is 67.6 Å². The van der Waals surface area contributed by atoms with Crippen LogP contribution in [0.15, 0.2) is 121 Å². The molecule has 0 radical (unpaired) electrons. The van der Waals surface area contributed by atoms with Gasteiger partial charge in [-0.25, -0.2) is 4.79 Å². The lowest BCUT2D eigenvalue weighted by molar-refractivity contribution is -0.132. The van der Waals surface area contributed by atoms with Crippen LogP contribution in [0.4, 0.5) is 28.4 Å². The van der Waals surface area contributed by atoms with Crippen molar-refractivity contribution in [1.29, 1.82) is 5.26 Å². The molecule has 2 unspecified atom stereocenters. The van der Waals surface area contributed by atoms with Crippen molar-refractivity contribution in [2.24, 2.45) is 0 Å². The highest BCUT2D eigenvalue weighted by Crippen LogP contribution is 2.56. The minimum atomic E-state index is -1.21. The van der Waals surface area contributed by atoms with Gasteiger partial charge in [0, 0.05) is 45.8 Å². The van der Waals surface area contributed by atoms with Crippen LogP contribution in [-0.4, -0.2) is 17.1 Å². The molecule has 1 heterocycles. The second-order valence-electron chi connectivity index (χ2n) is 14.7. The summed E-state index contributed by atoms with van der Waals surface area (Å²) in [6, 6.07) is 40.3. The number of nitrogens with zero attached hydrogens (tertiary/aromatic N) is 3. The van der Waals surface area contributed by atoms with Crippen LogP contribution in [0, 0.1) is 25.2 Å². The van der Waals surface area contributed by atoms with Crippen LogP contribution in [-0.2, 0) is 10.2 Å². The zero-order chi connectivity index (χ0) is 35.4. The molecule has 2 aliphatic carbocycles. The zero-order valence-electron chi connectivity index (χ0n) is 29.5. The third-order valence-corrected chi connectivity index (χ3v) is 11.2. The Morgan fingerprint density at radius 1 is 0.824 bits per heavy atom. The van der Waals surface area contributed by atoms with Gasteiger partial charge in [-0.05, 0) is 127 Å². The lowest BCUT2D eigenvalue weighted by Gasteiger charge is -2.30. The third-order valence-electron chi connectivity index (χ3n) is 11.2. The normalized spacial score (nSPS) is 18.3. The predicted molar refractivity (Wildman–Crippen MR) is 207 cm³/mol. The number of aliphatic carboxylic acids is 1. The molecular weight excluding hydrogens is 627 g/mol. The van der Waals surface area contributed by atoms with Crippen molar-refractivity contribution in [1.82, 2.24) is 0 Å². The molecule has 8 rings (SSSR count). The van der Waals surface area contributed by atoms with Crippen LogP contribution in [0.3, 0.4) is 0 Å². The molecule has 2 atom stereocenters. The van der Waals surface area contributed by atoms with Crippen LogP contribution in [0.5, 0.6) is 0 Å². The van der Waals surface area contributed by atoms with Crippen LogP contribution in [0.1, 0.15) is 72.4 Å². The first-order valence-electron chi connectivity index (χ1n) is 17.8. The van der Waals surface area contributed by atoms with Gasteiger partial charge in [-0.1, -0.05) is 86.0 Å². The summed E-state index contributed by atoms with van der Waals surface area (Å²) in [5.41, 5.74) is 15.6. The number of nitriles is 1. The molecular formula is C46H41N3O2. The van der Waals surface area contributed by atoms with Crippen molar-refractivity contribution in [3.8, 4) is 17.2 Å². The summed E-state index contributed by atoms with van der Waals surface area (Å²) in [7, 11) is 0. The number of benzene rings is 5. The average Bonchev–Trinajstić information content (AvgIpc) is 3.78. The van der Waals surface area contributed by atoms with E-state index in [1.54, 1.807) is 12.1 Å². The molecule has 1 aliphatic heterocycles. The first-order valence-corrected chi connectivity index (χ1v) is 17.8. The van der Waals surface area contributed by atoms with Gasteiger partial charge < -0.3 is 14.9 Å². The number of fused-ring (bicyclic) bond motifs is 6. The minimum Gasteiger partial charge on any atom is -0.477 e. The molecule has 51 heavy (non-hydrogen) atoms. The maximum absolute atomic E-state index is 11.2. The molecule has 0 bridgehead atoms. The number of aryl methyl sites for hydroxylation is 2. The standard InChI is InChI=1S/C46H41N3O2/c1-29-11-16-33(17-12-29)48(34-18-13-30(2)14-19-34)35-20-22-37-38-23-21-36(27-42(38)46(3,4)41(37)26-35)49-43-10-6-9-39(43)40-25-31(15-24-44(40)49)7-5-8-32(28-47)45(50)51/h5,7-8,11-27,39,43H,6,9-10H2,1-4H3,(H,50,51)/b7-5+,32-8+. The third kappa shape index (κ3) is 5.52. The highest BCUT2D eigenvalue weighted by atomic mass is 16.4. The Morgan fingerprint density at radius 2 is 1.45 bits per heavy atom. The fourth-order valence-corrected chi connectivity index (χ4v) is 8.56. The number of allylic oxidation sites excluding steroid dienone is 2. The molecule has 3 aliphatic rings. The molecule has 1 fully saturated rings. The van der Waals surface area contributed by atoms with Crippen molar-refractivity contribution >= 4 is 40.5 Å². The monoisotopic (exact) mass is 667 g/mol. The molecule has 5 aromatic carbocycles. The Balaban J connectivity index is 1.15. The first kappa shape index (κ1) is 32.4. The van der Waals surface area contributed by atoms with E-state index >= 15 is 0 Å². The van der Waals surface area contributed by atoms with Crippen LogP contribution in [0.25, 0.3) is 17.2 Å². The van der Waals surface area contributed by atoms with Gasteiger partial charge >= 0.3 is 5.97 Å². The Hall–Kier alpha value is -5.86. The predicted octanol–water partition coefficient (Wildman–Crippen LogP) is 11.4. The number of anilines is 5. The molecule has 0 aromatic heterocycles. The maximum Gasteiger partial charge on any atom is 0.346 e. The summed E-state index contributed by atoms with van der Waals surface area (Å²) in [4.78, 5) is 16.2. The smallest absolute Gasteiger partial charge is 0.346 e. The Bertz CT molecular complexity index is 2240. The quantitative estimate of drug-likeness (QED) is 0.106. The molecule has 1 saturated carbocycles. The van der Waals surface area contributed by atoms with E-state index in [2.05, 4.69) is 141 Å². The molecule has 5 heteroatoms. The largest absolute Gasteiger partial charge is 0.477 e. The van der Waals surface area contributed by atoms with Crippen molar-refractivity contribution in [3.05, 3.63) is 154 Å². The van der Waals surface area contributed by atoms with Crippen LogP contribution >= 0.6 is 0 Å². The molecule has 252 valence electrons. The molecule has 0 saturated heterocycles. The average molecular weight is 668 g/mol. The van der Waals surface area contributed by atoms with E-state index in [1.807, 2.05) is 6.08 Å². The van der Waals surface area contributed by atoms with Gasteiger partial charge in [0.1, 0.15) is 11.6 Å². The van der Waals surface area contributed by atoms with Crippen LogP contribution < -0.4 is 9.80 Å². The van der Waals surface area contributed by atoms with E-state index in [1.165, 1.54) is 62.8 Å². The molecule has 0 amide bonds. The summed E-state index contributed by atoms with van der Waals surface area (Å²) in [6.07, 6.45) is 8.39. The van der Waals surface area contributed by atoms with Gasteiger partial charge in [0.25, 0.3) is 0 Å². The second-order valence-corrected chi connectivity index (χ2v) is 14.7. The van der Waals surface area contributed by atoms with Gasteiger partial charge in [0.2, 0.25) is 0 Å². The van der Waals surface area contributed by atoms with E-state index < -0.39 is 5.97 Å². The Labute approximate surface area is 300 Å². The van der Waals surface area contributed by atoms with Crippen molar-refractivity contribution in [3.63, 3.8) is 0 Å². The number of hydrogen-bond acceptors (Lipinski definition) is 4. The number of carbonyl (C=O) groups is 1. The van der Waals surface area contributed by atoms with Crippen molar-refractivity contribution in [2.75, 3.05) is 9.80 Å². The number of hydrogen-bond donors (Lipinski definition) is 1. The maximum atomic E-state index is 11.2. The van der Waals surface area contributed by atoms with Gasteiger partial charge in [-0.15, -0.1) is 0 Å². The zero-order valence-corrected chi connectivity index (χ0v) is 29.5. The molecule has 5 aromatic rings.